The Kier molecular flexibility index (Phi) is 3.78. The number of carbonyl (C=O) groups excluding carboxylic acids is 1. The Morgan fingerprint density at radius 1 is 1.39 bits per heavy atom. The number of rotatable bonds is 1. The van der Waals surface area contributed by atoms with Crippen LogP contribution in [-0.2, 0) is 0 Å². The van der Waals surface area contributed by atoms with Gasteiger partial charge in [-0.15, -0.1) is 0 Å². The van der Waals surface area contributed by atoms with Crippen LogP contribution in [0.4, 0.5) is 0 Å². The van der Waals surface area contributed by atoms with Crippen molar-refractivity contribution < 1.29 is 9.90 Å². The molecule has 2 rings (SSSR count). The summed E-state index contributed by atoms with van der Waals surface area (Å²) in [5, 5.41) is 13.1. The molecular weight excluding hydrogens is 252 g/mol. The molecule has 2 unspecified atom stereocenters. The zero-order valence-electron chi connectivity index (χ0n) is 10.5. The van der Waals surface area contributed by atoms with Crippen LogP contribution in [0.25, 0.3) is 0 Å². The molecule has 1 aromatic carbocycles. The number of piperazine rings is 1. The lowest BCUT2D eigenvalue weighted by molar-refractivity contribution is 0.0544. The first-order valence-corrected chi connectivity index (χ1v) is 6.40. The molecule has 1 heterocycles. The van der Waals surface area contributed by atoms with Crippen LogP contribution in [0.2, 0.25) is 5.02 Å². The molecule has 0 saturated carbocycles. The molecule has 0 aromatic heterocycles. The van der Waals surface area contributed by atoms with E-state index in [-0.39, 0.29) is 23.7 Å². The molecule has 5 heteroatoms. The number of hydrogen-bond acceptors (Lipinski definition) is 3. The van der Waals surface area contributed by atoms with E-state index in [1.165, 1.54) is 12.1 Å². The van der Waals surface area contributed by atoms with Gasteiger partial charge >= 0.3 is 0 Å². The minimum Gasteiger partial charge on any atom is -0.508 e. The summed E-state index contributed by atoms with van der Waals surface area (Å²) in [7, 11) is 0. The normalized spacial score (nSPS) is 24.1. The fourth-order valence-corrected chi connectivity index (χ4v) is 2.55. The van der Waals surface area contributed by atoms with Gasteiger partial charge in [-0.3, -0.25) is 4.79 Å². The summed E-state index contributed by atoms with van der Waals surface area (Å²) in [5.74, 6) is -0.0735. The number of phenols is 1. The van der Waals surface area contributed by atoms with E-state index < -0.39 is 0 Å². The summed E-state index contributed by atoms with van der Waals surface area (Å²) < 4.78 is 0. The van der Waals surface area contributed by atoms with Gasteiger partial charge in [0.15, 0.2) is 0 Å². The van der Waals surface area contributed by atoms with E-state index >= 15 is 0 Å². The molecule has 18 heavy (non-hydrogen) atoms. The summed E-state index contributed by atoms with van der Waals surface area (Å²) in [6, 6.07) is 4.66. The number of halogens is 1. The highest BCUT2D eigenvalue weighted by atomic mass is 35.5. The Labute approximate surface area is 112 Å². The first kappa shape index (κ1) is 13.2. The first-order valence-electron chi connectivity index (χ1n) is 6.02. The molecule has 1 aromatic rings. The predicted molar refractivity (Wildman–Crippen MR) is 71.1 cm³/mol. The van der Waals surface area contributed by atoms with Gasteiger partial charge in [-0.1, -0.05) is 11.6 Å². The second kappa shape index (κ2) is 5.16. The van der Waals surface area contributed by atoms with Crippen LogP contribution >= 0.6 is 11.6 Å². The highest BCUT2D eigenvalue weighted by Crippen LogP contribution is 2.24. The van der Waals surface area contributed by atoms with E-state index in [1.807, 2.05) is 18.7 Å². The Balaban J connectivity index is 2.32. The number of nitrogens with zero attached hydrogens (tertiary/aromatic N) is 1. The SMILES string of the molecule is CC1CNCC(C)N1C(=O)c1cc(O)ccc1Cl. The van der Waals surface area contributed by atoms with Crippen LogP contribution < -0.4 is 5.32 Å². The molecule has 2 N–H and O–H groups in total. The first-order chi connectivity index (χ1) is 8.50. The largest absolute Gasteiger partial charge is 0.508 e. The van der Waals surface area contributed by atoms with Crippen LogP contribution in [-0.4, -0.2) is 41.1 Å². The Morgan fingerprint density at radius 3 is 2.61 bits per heavy atom. The summed E-state index contributed by atoms with van der Waals surface area (Å²) in [5.41, 5.74) is 0.359. The van der Waals surface area contributed by atoms with E-state index in [9.17, 15) is 9.90 Å². The summed E-state index contributed by atoms with van der Waals surface area (Å²) in [4.78, 5) is 14.3. The lowest BCUT2D eigenvalue weighted by atomic mass is 10.1. The van der Waals surface area contributed by atoms with Crippen molar-refractivity contribution in [1.29, 1.82) is 0 Å². The quantitative estimate of drug-likeness (QED) is 0.818. The highest BCUT2D eigenvalue weighted by molar-refractivity contribution is 6.33. The minimum absolute atomic E-state index is 0.0539. The molecule has 2 atom stereocenters. The van der Waals surface area contributed by atoms with Crippen molar-refractivity contribution in [2.45, 2.75) is 25.9 Å². The molecular formula is C13H17ClN2O2. The molecule has 0 aliphatic carbocycles. The number of aromatic hydroxyl groups is 1. The monoisotopic (exact) mass is 268 g/mol. The van der Waals surface area contributed by atoms with Gasteiger partial charge in [-0.05, 0) is 32.0 Å². The summed E-state index contributed by atoms with van der Waals surface area (Å²) in [6.07, 6.45) is 0. The maximum absolute atomic E-state index is 12.5. The number of carbonyl (C=O) groups is 1. The van der Waals surface area contributed by atoms with Crippen LogP contribution in [0.3, 0.4) is 0 Å². The van der Waals surface area contributed by atoms with Gasteiger partial charge in [0.1, 0.15) is 5.75 Å². The van der Waals surface area contributed by atoms with Crippen molar-refractivity contribution in [3.63, 3.8) is 0 Å². The van der Waals surface area contributed by atoms with Gasteiger partial charge in [-0.25, -0.2) is 0 Å². The second-order valence-electron chi connectivity index (χ2n) is 4.73. The number of benzene rings is 1. The molecule has 0 spiro atoms. The average molecular weight is 269 g/mol. The van der Waals surface area contributed by atoms with Crippen molar-refractivity contribution in [2.75, 3.05) is 13.1 Å². The Morgan fingerprint density at radius 2 is 2.00 bits per heavy atom. The van der Waals surface area contributed by atoms with E-state index in [4.69, 9.17) is 11.6 Å². The molecule has 1 amide bonds. The van der Waals surface area contributed by atoms with Crippen molar-refractivity contribution in [1.82, 2.24) is 10.2 Å². The van der Waals surface area contributed by atoms with Crippen LogP contribution in [0, 0.1) is 0 Å². The topological polar surface area (TPSA) is 52.6 Å². The summed E-state index contributed by atoms with van der Waals surface area (Å²) >= 11 is 6.03. The molecule has 1 aliphatic rings. The van der Waals surface area contributed by atoms with Gasteiger partial charge in [0.2, 0.25) is 0 Å². The fourth-order valence-electron chi connectivity index (χ4n) is 2.35. The van der Waals surface area contributed by atoms with Crippen molar-refractivity contribution in [3.05, 3.63) is 28.8 Å². The lowest BCUT2D eigenvalue weighted by Gasteiger charge is -2.39. The van der Waals surface area contributed by atoms with Crippen LogP contribution in [0.1, 0.15) is 24.2 Å². The van der Waals surface area contributed by atoms with Gasteiger partial charge in [0.05, 0.1) is 10.6 Å². The van der Waals surface area contributed by atoms with Crippen LogP contribution in [0.5, 0.6) is 5.75 Å². The number of nitrogens with one attached hydrogen (secondary N) is 1. The number of hydrogen-bond donors (Lipinski definition) is 2. The molecule has 0 bridgehead atoms. The highest BCUT2D eigenvalue weighted by Gasteiger charge is 2.30. The lowest BCUT2D eigenvalue weighted by Crippen LogP contribution is -2.57. The molecule has 98 valence electrons. The third kappa shape index (κ3) is 2.44. The van der Waals surface area contributed by atoms with E-state index in [0.717, 1.165) is 13.1 Å². The van der Waals surface area contributed by atoms with Crippen LogP contribution in [0.15, 0.2) is 18.2 Å². The number of amides is 1. The standard InChI is InChI=1S/C13H17ClN2O2/c1-8-6-15-7-9(2)16(8)13(18)11-5-10(17)3-4-12(11)14/h3-5,8-9,15,17H,6-7H2,1-2H3. The zero-order valence-corrected chi connectivity index (χ0v) is 11.2. The predicted octanol–water partition coefficient (Wildman–Crippen LogP) is 1.87. The molecule has 0 radical (unpaired) electrons. The van der Waals surface area contributed by atoms with Gasteiger partial charge in [-0.2, -0.15) is 0 Å². The smallest absolute Gasteiger partial charge is 0.256 e. The molecule has 4 nitrogen and oxygen atoms in total. The second-order valence-corrected chi connectivity index (χ2v) is 5.14. The van der Waals surface area contributed by atoms with Crippen molar-refractivity contribution in [2.24, 2.45) is 0 Å². The van der Waals surface area contributed by atoms with E-state index in [2.05, 4.69) is 5.32 Å². The molecule has 1 fully saturated rings. The van der Waals surface area contributed by atoms with Gasteiger partial charge in [0.25, 0.3) is 5.91 Å². The maximum atomic E-state index is 12.5. The van der Waals surface area contributed by atoms with E-state index in [1.54, 1.807) is 6.07 Å². The molecule has 1 saturated heterocycles. The van der Waals surface area contributed by atoms with Gasteiger partial charge in [0, 0.05) is 25.2 Å². The van der Waals surface area contributed by atoms with E-state index in [0.29, 0.717) is 10.6 Å². The fraction of sp³-hybridized carbons (Fsp3) is 0.462. The minimum atomic E-state index is -0.127. The molecule has 1 aliphatic heterocycles. The third-order valence-electron chi connectivity index (χ3n) is 3.24. The summed E-state index contributed by atoms with van der Waals surface area (Å²) in [6.45, 7) is 5.54. The maximum Gasteiger partial charge on any atom is 0.256 e. The average Bonchev–Trinajstić information content (AvgIpc) is 2.32. The van der Waals surface area contributed by atoms with Crippen molar-refractivity contribution >= 4 is 17.5 Å². The van der Waals surface area contributed by atoms with Gasteiger partial charge < -0.3 is 15.3 Å². The Hall–Kier alpha value is -1.26. The van der Waals surface area contributed by atoms with Crippen molar-refractivity contribution in [3.8, 4) is 5.75 Å². The zero-order chi connectivity index (χ0) is 13.3. The number of phenolic OH excluding ortho intramolecular Hbond substituents is 1. The third-order valence-corrected chi connectivity index (χ3v) is 3.57. The Bertz CT molecular complexity index is 454.